The van der Waals surface area contributed by atoms with Gasteiger partial charge in [0.05, 0.1) is 9.95 Å². The summed E-state index contributed by atoms with van der Waals surface area (Å²) < 4.78 is 0. The molecule has 0 bridgehead atoms. The maximum Gasteiger partial charge on any atom is 0.247 e. The van der Waals surface area contributed by atoms with Gasteiger partial charge in [-0.2, -0.15) is 0 Å². The molecule has 92 valence electrons. The number of hydrogen-bond acceptors (Lipinski definition) is 3. The van der Waals surface area contributed by atoms with Crippen LogP contribution in [0.2, 0.25) is 5.02 Å². The number of phenols is 1. The number of phenolic OH excluding ortho intramolecular Hbond substituents is 1. The highest BCUT2D eigenvalue weighted by Crippen LogP contribution is 2.25. The Morgan fingerprint density at radius 1 is 1.59 bits per heavy atom. The fraction of sp³-hybridized carbons (Fsp3) is 0.333. The lowest BCUT2D eigenvalue weighted by Gasteiger charge is -2.03. The van der Waals surface area contributed by atoms with Gasteiger partial charge in [-0.3, -0.25) is 10.1 Å². The van der Waals surface area contributed by atoms with Gasteiger partial charge in [-0.1, -0.05) is 31.5 Å². The van der Waals surface area contributed by atoms with Crippen LogP contribution in [0.5, 0.6) is 5.75 Å². The molecule has 0 aliphatic heterocycles. The number of rotatable bonds is 4. The molecule has 0 unspecified atom stereocenters. The van der Waals surface area contributed by atoms with Crippen LogP contribution in [-0.4, -0.2) is 10.0 Å². The van der Waals surface area contributed by atoms with E-state index >= 15 is 0 Å². The molecule has 5 heteroatoms. The molecule has 0 saturated carbocycles. The summed E-state index contributed by atoms with van der Waals surface area (Å²) in [4.78, 5) is 10.5. The van der Waals surface area contributed by atoms with Crippen molar-refractivity contribution in [1.82, 2.24) is 0 Å². The Balaban J connectivity index is 3.04. The average molecular weight is 256 g/mol. The van der Waals surface area contributed by atoms with Gasteiger partial charge in [-0.05, 0) is 23.6 Å². The largest absolute Gasteiger partial charge is 0.506 e. The first kappa shape index (κ1) is 13.5. The van der Waals surface area contributed by atoms with E-state index in [2.05, 4.69) is 0 Å². The Kier molecular flexibility index (Phi) is 4.52. The van der Waals surface area contributed by atoms with Gasteiger partial charge in [0.15, 0.2) is 0 Å². The second-order valence-corrected chi connectivity index (χ2v) is 4.61. The first-order valence-corrected chi connectivity index (χ1v) is 5.61. The molecule has 1 aromatic carbocycles. The van der Waals surface area contributed by atoms with Crippen molar-refractivity contribution in [3.8, 4) is 5.75 Å². The smallest absolute Gasteiger partial charge is 0.247 e. The molecular formula is C12H14ClNO3. The number of benzene rings is 1. The van der Waals surface area contributed by atoms with E-state index < -0.39 is 0 Å². The zero-order valence-corrected chi connectivity index (χ0v) is 10.4. The molecule has 0 spiro atoms. The predicted molar refractivity (Wildman–Crippen MR) is 67.5 cm³/mol. The lowest BCUT2D eigenvalue weighted by atomic mass is 10.1. The monoisotopic (exact) mass is 255 g/mol. The molecule has 1 rings (SSSR count). The summed E-state index contributed by atoms with van der Waals surface area (Å²) in [5.41, 5.74) is 0.752. The highest BCUT2D eigenvalue weighted by molar-refractivity contribution is 6.32. The minimum absolute atomic E-state index is 0.0321. The van der Waals surface area contributed by atoms with Crippen molar-refractivity contribution < 1.29 is 10.0 Å². The lowest BCUT2D eigenvalue weighted by Crippen LogP contribution is -2.02. The van der Waals surface area contributed by atoms with E-state index in [0.29, 0.717) is 12.0 Å². The highest BCUT2D eigenvalue weighted by atomic mass is 35.5. The SMILES string of the molecule is CC(C)CC(=Cc1ccc(O)c(Cl)c1)[N+](=O)[O-]. The van der Waals surface area contributed by atoms with E-state index in [1.165, 1.54) is 18.2 Å². The number of halogens is 1. The molecule has 17 heavy (non-hydrogen) atoms. The van der Waals surface area contributed by atoms with Crippen LogP contribution >= 0.6 is 11.6 Å². The topological polar surface area (TPSA) is 63.4 Å². The molecular weight excluding hydrogens is 242 g/mol. The maximum absolute atomic E-state index is 10.8. The molecule has 0 heterocycles. The van der Waals surface area contributed by atoms with E-state index in [-0.39, 0.29) is 27.3 Å². The second kappa shape index (κ2) is 5.68. The van der Waals surface area contributed by atoms with Crippen LogP contribution in [0, 0.1) is 16.0 Å². The van der Waals surface area contributed by atoms with Crippen LogP contribution in [0.15, 0.2) is 23.9 Å². The van der Waals surface area contributed by atoms with Gasteiger partial charge in [0, 0.05) is 12.5 Å². The Hall–Kier alpha value is -1.55. The number of nitro groups is 1. The Labute approximate surface area is 105 Å². The van der Waals surface area contributed by atoms with E-state index in [9.17, 15) is 15.2 Å². The van der Waals surface area contributed by atoms with Crippen molar-refractivity contribution in [2.45, 2.75) is 20.3 Å². The minimum atomic E-state index is -0.388. The molecule has 0 aliphatic rings. The summed E-state index contributed by atoms with van der Waals surface area (Å²) in [6, 6.07) is 4.51. The third kappa shape index (κ3) is 4.07. The van der Waals surface area contributed by atoms with E-state index in [1.54, 1.807) is 6.07 Å². The van der Waals surface area contributed by atoms with Gasteiger partial charge in [0.2, 0.25) is 5.70 Å². The first-order chi connectivity index (χ1) is 7.90. The van der Waals surface area contributed by atoms with Crippen LogP contribution in [-0.2, 0) is 0 Å². The van der Waals surface area contributed by atoms with Crippen LogP contribution in [0.3, 0.4) is 0 Å². The quantitative estimate of drug-likeness (QED) is 0.659. The van der Waals surface area contributed by atoms with Crippen LogP contribution < -0.4 is 0 Å². The molecule has 0 fully saturated rings. The summed E-state index contributed by atoms with van der Waals surface area (Å²) >= 11 is 5.73. The van der Waals surface area contributed by atoms with Crippen LogP contribution in [0.1, 0.15) is 25.8 Å². The molecule has 0 saturated heterocycles. The van der Waals surface area contributed by atoms with Gasteiger partial charge >= 0.3 is 0 Å². The number of hydrogen-bond donors (Lipinski definition) is 1. The predicted octanol–water partition coefficient (Wildman–Crippen LogP) is 3.71. The second-order valence-electron chi connectivity index (χ2n) is 4.20. The number of aromatic hydroxyl groups is 1. The maximum atomic E-state index is 10.8. The van der Waals surface area contributed by atoms with Crippen molar-refractivity contribution in [1.29, 1.82) is 0 Å². The zero-order chi connectivity index (χ0) is 13.0. The summed E-state index contributed by atoms with van der Waals surface area (Å²) in [7, 11) is 0. The van der Waals surface area contributed by atoms with Gasteiger partial charge < -0.3 is 5.11 Å². The van der Waals surface area contributed by atoms with Crippen LogP contribution in [0.4, 0.5) is 0 Å². The number of nitrogens with zero attached hydrogens (tertiary/aromatic N) is 1. The zero-order valence-electron chi connectivity index (χ0n) is 9.68. The van der Waals surface area contributed by atoms with Gasteiger partial charge in [-0.25, -0.2) is 0 Å². The molecule has 0 radical (unpaired) electrons. The van der Waals surface area contributed by atoms with Crippen molar-refractivity contribution in [3.05, 3.63) is 44.6 Å². The molecule has 0 aromatic heterocycles. The summed E-state index contributed by atoms with van der Waals surface area (Å²) in [6.07, 6.45) is 1.87. The van der Waals surface area contributed by atoms with Gasteiger partial charge in [-0.15, -0.1) is 0 Å². The first-order valence-electron chi connectivity index (χ1n) is 5.23. The van der Waals surface area contributed by atoms with Crippen molar-refractivity contribution in [2.24, 2.45) is 5.92 Å². The molecule has 1 aromatic rings. The molecule has 0 aliphatic carbocycles. The van der Waals surface area contributed by atoms with E-state index in [1.807, 2.05) is 13.8 Å². The molecule has 1 N–H and O–H groups in total. The third-order valence-corrected chi connectivity index (χ3v) is 2.46. The average Bonchev–Trinajstić information content (AvgIpc) is 2.21. The van der Waals surface area contributed by atoms with Crippen LogP contribution in [0.25, 0.3) is 6.08 Å². The molecule has 0 atom stereocenters. The molecule has 4 nitrogen and oxygen atoms in total. The normalized spacial score (nSPS) is 11.9. The van der Waals surface area contributed by atoms with Crippen molar-refractivity contribution in [2.75, 3.05) is 0 Å². The third-order valence-electron chi connectivity index (χ3n) is 2.16. The fourth-order valence-corrected chi connectivity index (χ4v) is 1.60. The molecule has 0 amide bonds. The van der Waals surface area contributed by atoms with Crippen molar-refractivity contribution >= 4 is 17.7 Å². The summed E-state index contributed by atoms with van der Waals surface area (Å²) in [5, 5.41) is 20.3. The number of allylic oxidation sites excluding steroid dienone is 1. The highest BCUT2D eigenvalue weighted by Gasteiger charge is 2.13. The lowest BCUT2D eigenvalue weighted by molar-refractivity contribution is -0.427. The standard InChI is InChI=1S/C12H14ClNO3/c1-8(2)5-10(14(16)17)6-9-3-4-12(15)11(13)7-9/h3-4,6-8,15H,5H2,1-2H3. The Morgan fingerprint density at radius 2 is 2.24 bits per heavy atom. The van der Waals surface area contributed by atoms with Gasteiger partial charge in [0.1, 0.15) is 5.75 Å². The minimum Gasteiger partial charge on any atom is -0.506 e. The van der Waals surface area contributed by atoms with Gasteiger partial charge in [0.25, 0.3) is 0 Å². The fourth-order valence-electron chi connectivity index (χ4n) is 1.41. The van der Waals surface area contributed by atoms with E-state index in [0.717, 1.165) is 0 Å². The van der Waals surface area contributed by atoms with E-state index in [4.69, 9.17) is 11.6 Å². The summed E-state index contributed by atoms with van der Waals surface area (Å²) in [5.74, 6) is 0.176. The van der Waals surface area contributed by atoms with Crippen molar-refractivity contribution in [3.63, 3.8) is 0 Å². The Morgan fingerprint density at radius 3 is 2.71 bits per heavy atom. The Bertz CT molecular complexity index is 455. The summed E-state index contributed by atoms with van der Waals surface area (Å²) in [6.45, 7) is 3.84.